The number of hydrogen-bond acceptors (Lipinski definition) is 3. The lowest BCUT2D eigenvalue weighted by Gasteiger charge is -2.16. The van der Waals surface area contributed by atoms with Gasteiger partial charge in [0.2, 0.25) is 11.8 Å². The van der Waals surface area contributed by atoms with Gasteiger partial charge in [-0.2, -0.15) is 0 Å². The minimum absolute atomic E-state index is 0.0399. The maximum absolute atomic E-state index is 11.9. The zero-order valence-electron chi connectivity index (χ0n) is 18.3. The van der Waals surface area contributed by atoms with Gasteiger partial charge in [-0.3, -0.25) is 14.6 Å². The summed E-state index contributed by atoms with van der Waals surface area (Å²) in [6, 6.07) is 15.9. The third-order valence-electron chi connectivity index (χ3n) is 5.18. The van der Waals surface area contributed by atoms with Gasteiger partial charge in [-0.15, -0.1) is 0 Å². The van der Waals surface area contributed by atoms with Crippen LogP contribution in [0.15, 0.2) is 53.5 Å². The normalized spacial score (nSPS) is 13.9. The van der Waals surface area contributed by atoms with Crippen LogP contribution < -0.4 is 20.9 Å². The molecule has 0 atom stereocenters. The van der Waals surface area contributed by atoms with Gasteiger partial charge in [-0.05, 0) is 48.2 Å². The maximum Gasteiger partial charge on any atom is 0.227 e. The highest BCUT2D eigenvalue weighted by atomic mass is 16.2. The van der Waals surface area contributed by atoms with Crippen LogP contribution >= 0.6 is 0 Å². The molecule has 0 aliphatic carbocycles. The van der Waals surface area contributed by atoms with Crippen molar-refractivity contribution in [3.05, 3.63) is 59.7 Å². The summed E-state index contributed by atoms with van der Waals surface area (Å²) in [4.78, 5) is 29.7. The molecule has 2 aromatic carbocycles. The summed E-state index contributed by atoms with van der Waals surface area (Å²) in [7, 11) is 1.74. The second-order valence-electron chi connectivity index (χ2n) is 7.59. The van der Waals surface area contributed by atoms with Crippen molar-refractivity contribution >= 4 is 29.1 Å². The average Bonchev–Trinajstić information content (AvgIpc) is 3.21. The van der Waals surface area contributed by atoms with Crippen LogP contribution in [0, 0.1) is 0 Å². The second kappa shape index (κ2) is 11.2. The van der Waals surface area contributed by atoms with E-state index in [1.54, 1.807) is 7.05 Å². The highest BCUT2D eigenvalue weighted by molar-refractivity contribution is 5.95. The van der Waals surface area contributed by atoms with Crippen LogP contribution in [0.1, 0.15) is 43.7 Å². The molecule has 0 spiro atoms. The molecule has 7 nitrogen and oxygen atoms in total. The molecule has 1 aliphatic heterocycles. The quantitative estimate of drug-likeness (QED) is 0.450. The van der Waals surface area contributed by atoms with Crippen LogP contribution in [0.4, 0.5) is 11.4 Å². The number of hydrogen-bond donors (Lipinski definition) is 3. The third-order valence-corrected chi connectivity index (χ3v) is 5.18. The summed E-state index contributed by atoms with van der Waals surface area (Å²) >= 11 is 0. The van der Waals surface area contributed by atoms with E-state index in [2.05, 4.69) is 20.9 Å². The summed E-state index contributed by atoms with van der Waals surface area (Å²) in [6.07, 6.45) is 2.94. The summed E-state index contributed by atoms with van der Waals surface area (Å²) < 4.78 is 0. The number of nitrogens with one attached hydrogen (secondary N) is 3. The largest absolute Gasteiger partial charge is 0.352 e. The Bertz CT molecular complexity index is 907. The third kappa shape index (κ3) is 6.57. The monoisotopic (exact) mass is 421 g/mol. The van der Waals surface area contributed by atoms with E-state index in [1.807, 2.05) is 60.4 Å². The number of carbonyl (C=O) groups is 2. The highest BCUT2D eigenvalue weighted by Crippen LogP contribution is 2.21. The van der Waals surface area contributed by atoms with Crippen molar-refractivity contribution in [1.82, 2.24) is 10.6 Å². The molecule has 7 heteroatoms. The van der Waals surface area contributed by atoms with Crippen LogP contribution in [-0.2, 0) is 22.7 Å². The van der Waals surface area contributed by atoms with Gasteiger partial charge in [0.1, 0.15) is 0 Å². The number of nitrogens with zero attached hydrogens (tertiary/aromatic N) is 2. The Labute approximate surface area is 183 Å². The van der Waals surface area contributed by atoms with Crippen molar-refractivity contribution < 1.29 is 9.59 Å². The Kier molecular flexibility index (Phi) is 8.04. The Balaban J connectivity index is 1.45. The zero-order chi connectivity index (χ0) is 22.1. The molecular formula is C24H31N5O2. The van der Waals surface area contributed by atoms with Gasteiger partial charge in [0, 0.05) is 50.9 Å². The van der Waals surface area contributed by atoms with Crippen molar-refractivity contribution in [2.75, 3.05) is 23.8 Å². The maximum atomic E-state index is 11.9. The van der Waals surface area contributed by atoms with Gasteiger partial charge in [0.15, 0.2) is 5.96 Å². The van der Waals surface area contributed by atoms with Crippen LogP contribution in [0.3, 0.4) is 0 Å². The van der Waals surface area contributed by atoms with Crippen molar-refractivity contribution in [2.45, 2.75) is 45.7 Å². The van der Waals surface area contributed by atoms with Crippen LogP contribution in [-0.4, -0.2) is 31.4 Å². The molecule has 0 unspecified atom stereocenters. The van der Waals surface area contributed by atoms with E-state index in [9.17, 15) is 9.59 Å². The van der Waals surface area contributed by atoms with Crippen LogP contribution in [0.2, 0.25) is 0 Å². The first-order chi connectivity index (χ1) is 15.1. The summed E-state index contributed by atoms with van der Waals surface area (Å²) in [6.45, 7) is 4.05. The second-order valence-corrected chi connectivity index (χ2v) is 7.59. The summed E-state index contributed by atoms with van der Waals surface area (Å²) in [5.41, 5.74) is 3.98. The SMILES string of the molecule is CCCC(=O)Nc1ccc(CNC(=NC)NCc2ccc(N3CCCC3=O)cc2)cc1. The molecule has 2 aromatic rings. The topological polar surface area (TPSA) is 85.8 Å². The van der Waals surface area contributed by atoms with E-state index >= 15 is 0 Å². The number of benzene rings is 2. The fraction of sp³-hybridized carbons (Fsp3) is 0.375. The Hall–Kier alpha value is -3.35. The van der Waals surface area contributed by atoms with Crippen molar-refractivity contribution in [2.24, 2.45) is 4.99 Å². The van der Waals surface area contributed by atoms with Gasteiger partial charge < -0.3 is 20.9 Å². The minimum atomic E-state index is 0.0399. The van der Waals surface area contributed by atoms with Crippen molar-refractivity contribution in [1.29, 1.82) is 0 Å². The average molecular weight is 422 g/mol. The minimum Gasteiger partial charge on any atom is -0.352 e. The summed E-state index contributed by atoms with van der Waals surface area (Å²) in [5, 5.41) is 9.50. The molecular weight excluding hydrogens is 390 g/mol. The Morgan fingerprint density at radius 1 is 1.00 bits per heavy atom. The molecule has 0 aromatic heterocycles. The molecule has 1 fully saturated rings. The van der Waals surface area contributed by atoms with E-state index in [1.165, 1.54) is 0 Å². The molecule has 3 N–H and O–H groups in total. The first-order valence-corrected chi connectivity index (χ1v) is 10.8. The number of amides is 2. The lowest BCUT2D eigenvalue weighted by molar-refractivity contribution is -0.117. The predicted octanol–water partition coefficient (Wildman–Crippen LogP) is 3.42. The van der Waals surface area contributed by atoms with Crippen molar-refractivity contribution in [3.63, 3.8) is 0 Å². The van der Waals surface area contributed by atoms with Gasteiger partial charge in [0.05, 0.1) is 0 Å². The number of carbonyl (C=O) groups excluding carboxylic acids is 2. The predicted molar refractivity (Wildman–Crippen MR) is 125 cm³/mol. The molecule has 31 heavy (non-hydrogen) atoms. The molecule has 0 bridgehead atoms. The number of anilines is 2. The standard InChI is InChI=1S/C24H31N5O2/c1-3-5-22(30)28-20-11-7-18(8-12-20)16-26-24(25-2)27-17-19-9-13-21(14-10-19)29-15-4-6-23(29)31/h7-14H,3-6,15-17H2,1-2H3,(H,28,30)(H2,25,26,27). The van der Waals surface area contributed by atoms with E-state index < -0.39 is 0 Å². The van der Waals surface area contributed by atoms with E-state index in [4.69, 9.17) is 0 Å². The summed E-state index contributed by atoms with van der Waals surface area (Å²) in [5.74, 6) is 0.948. The molecule has 0 radical (unpaired) electrons. The Morgan fingerprint density at radius 3 is 2.13 bits per heavy atom. The number of guanidine groups is 1. The number of rotatable bonds is 8. The van der Waals surface area contributed by atoms with Crippen LogP contribution in [0.25, 0.3) is 0 Å². The van der Waals surface area contributed by atoms with E-state index in [0.717, 1.165) is 41.9 Å². The van der Waals surface area contributed by atoms with E-state index in [-0.39, 0.29) is 11.8 Å². The zero-order valence-corrected chi connectivity index (χ0v) is 18.3. The van der Waals surface area contributed by atoms with Gasteiger partial charge in [-0.1, -0.05) is 31.2 Å². The smallest absolute Gasteiger partial charge is 0.227 e. The fourth-order valence-corrected chi connectivity index (χ4v) is 3.46. The van der Waals surface area contributed by atoms with Gasteiger partial charge >= 0.3 is 0 Å². The molecule has 164 valence electrons. The molecule has 3 rings (SSSR count). The molecule has 1 heterocycles. The molecule has 2 amide bonds. The lowest BCUT2D eigenvalue weighted by Crippen LogP contribution is -2.36. The molecule has 1 saturated heterocycles. The first kappa shape index (κ1) is 22.3. The number of aliphatic imine (C=N–C) groups is 1. The van der Waals surface area contributed by atoms with E-state index in [0.29, 0.717) is 31.9 Å². The highest BCUT2D eigenvalue weighted by Gasteiger charge is 2.21. The van der Waals surface area contributed by atoms with Crippen LogP contribution in [0.5, 0.6) is 0 Å². The fourth-order valence-electron chi connectivity index (χ4n) is 3.46. The lowest BCUT2D eigenvalue weighted by atomic mass is 10.2. The van der Waals surface area contributed by atoms with Gasteiger partial charge in [-0.25, -0.2) is 0 Å². The Morgan fingerprint density at radius 2 is 1.61 bits per heavy atom. The van der Waals surface area contributed by atoms with Gasteiger partial charge in [0.25, 0.3) is 0 Å². The molecule has 0 saturated carbocycles. The molecule has 1 aliphatic rings. The van der Waals surface area contributed by atoms with Crippen molar-refractivity contribution in [3.8, 4) is 0 Å². The first-order valence-electron chi connectivity index (χ1n) is 10.8.